The van der Waals surface area contributed by atoms with Gasteiger partial charge in [0.1, 0.15) is 11.4 Å². The van der Waals surface area contributed by atoms with Gasteiger partial charge < -0.3 is 9.84 Å². The molecule has 0 saturated heterocycles. The fourth-order valence-electron chi connectivity index (χ4n) is 2.07. The predicted octanol–water partition coefficient (Wildman–Crippen LogP) is 4.85. The van der Waals surface area contributed by atoms with E-state index in [0.717, 1.165) is 5.56 Å². The number of hydrogen-bond donors (Lipinski definition) is 1. The van der Waals surface area contributed by atoms with Gasteiger partial charge in [-0.1, -0.05) is 23.5 Å². The molecular weight excluding hydrogens is 344 g/mol. The second-order valence-corrected chi connectivity index (χ2v) is 6.43. The third-order valence-corrected chi connectivity index (χ3v) is 4.60. The van der Waals surface area contributed by atoms with E-state index in [1.165, 1.54) is 11.3 Å². The predicted molar refractivity (Wildman–Crippen MR) is 95.3 cm³/mol. The minimum absolute atomic E-state index is 0.000426. The number of para-hydroxylation sites is 1. The smallest absolute Gasteiger partial charge is 0.232 e. The van der Waals surface area contributed by atoms with Crippen molar-refractivity contribution in [3.8, 4) is 11.6 Å². The van der Waals surface area contributed by atoms with Crippen LogP contribution in [0, 0.1) is 3.95 Å². The molecule has 0 unspecified atom stereocenters. The Labute approximate surface area is 147 Å². The van der Waals surface area contributed by atoms with Gasteiger partial charge in [-0.2, -0.15) is 0 Å². The third kappa shape index (κ3) is 3.50. The van der Waals surface area contributed by atoms with Crippen molar-refractivity contribution in [1.29, 1.82) is 0 Å². The molecule has 0 saturated carbocycles. The van der Waals surface area contributed by atoms with Crippen LogP contribution in [0.4, 0.5) is 10.7 Å². The molecule has 0 radical (unpaired) electrons. The van der Waals surface area contributed by atoms with Gasteiger partial charge in [0.25, 0.3) is 0 Å². The minimum atomic E-state index is 0.000426. The van der Waals surface area contributed by atoms with Crippen molar-refractivity contribution >= 4 is 34.2 Å². The Kier molecular flexibility index (Phi) is 4.97. The number of nitrogens with zero attached hydrogens (tertiary/aromatic N) is 4. The van der Waals surface area contributed by atoms with Gasteiger partial charge in [0.15, 0.2) is 3.95 Å². The molecule has 1 aromatic carbocycles. The Hall–Kier alpha value is -2.58. The molecule has 0 aliphatic carbocycles. The maximum atomic E-state index is 10.4. The molecule has 8 heteroatoms. The number of aromatic nitrogens is 2. The molecule has 3 rings (SSSR count). The first kappa shape index (κ1) is 16.3. The van der Waals surface area contributed by atoms with Crippen molar-refractivity contribution in [2.45, 2.75) is 6.54 Å². The summed E-state index contributed by atoms with van der Waals surface area (Å²) < 4.78 is 7.37. The highest BCUT2D eigenvalue weighted by molar-refractivity contribution is 7.73. The lowest BCUT2D eigenvalue weighted by Gasteiger charge is -2.04. The van der Waals surface area contributed by atoms with Crippen LogP contribution in [0.5, 0.6) is 11.6 Å². The second-order valence-electron chi connectivity index (χ2n) is 4.81. The Morgan fingerprint density at radius 3 is 2.71 bits per heavy atom. The van der Waals surface area contributed by atoms with Crippen LogP contribution in [0.3, 0.4) is 0 Å². The maximum absolute atomic E-state index is 10.4. The SMILES string of the molecule is COc1ccccc1N=Nc1sc(=S)n(Cc2ccncc2)c1O. The number of ether oxygens (including phenoxy) is 1. The summed E-state index contributed by atoms with van der Waals surface area (Å²) in [6, 6.07) is 11.0. The first-order chi connectivity index (χ1) is 11.7. The van der Waals surface area contributed by atoms with Crippen LogP contribution < -0.4 is 4.74 Å². The third-order valence-electron chi connectivity index (χ3n) is 3.28. The van der Waals surface area contributed by atoms with Gasteiger partial charge in [-0.3, -0.25) is 9.55 Å². The van der Waals surface area contributed by atoms with Crippen molar-refractivity contribution < 1.29 is 9.84 Å². The average Bonchev–Trinajstić information content (AvgIpc) is 2.88. The summed E-state index contributed by atoms with van der Waals surface area (Å²) in [6.07, 6.45) is 3.40. The normalized spacial score (nSPS) is 11.0. The number of pyridine rings is 1. The van der Waals surface area contributed by atoms with E-state index in [1.54, 1.807) is 36.2 Å². The molecule has 0 bridgehead atoms. The first-order valence-electron chi connectivity index (χ1n) is 7.05. The molecule has 1 N–H and O–H groups in total. The maximum Gasteiger partial charge on any atom is 0.232 e. The summed E-state index contributed by atoms with van der Waals surface area (Å²) in [6.45, 7) is 0.452. The molecule has 24 heavy (non-hydrogen) atoms. The highest BCUT2D eigenvalue weighted by atomic mass is 32.1. The van der Waals surface area contributed by atoms with Gasteiger partial charge in [0, 0.05) is 12.4 Å². The summed E-state index contributed by atoms with van der Waals surface area (Å²) >= 11 is 6.52. The van der Waals surface area contributed by atoms with Gasteiger partial charge >= 0.3 is 0 Å². The number of hydrogen-bond acceptors (Lipinski definition) is 7. The lowest BCUT2D eigenvalue weighted by Crippen LogP contribution is -1.98. The quantitative estimate of drug-likeness (QED) is 0.522. The zero-order valence-corrected chi connectivity index (χ0v) is 14.4. The number of methoxy groups -OCH3 is 1. The summed E-state index contributed by atoms with van der Waals surface area (Å²) in [5, 5.41) is 19.0. The van der Waals surface area contributed by atoms with E-state index < -0.39 is 0 Å². The summed E-state index contributed by atoms with van der Waals surface area (Å²) in [5.41, 5.74) is 1.57. The van der Waals surface area contributed by atoms with Crippen LogP contribution in [0.15, 0.2) is 59.0 Å². The van der Waals surface area contributed by atoms with Crippen LogP contribution in [0.1, 0.15) is 5.56 Å². The summed E-state index contributed by atoms with van der Waals surface area (Å²) in [5.74, 6) is 0.612. The van der Waals surface area contributed by atoms with E-state index in [0.29, 0.717) is 26.9 Å². The standard InChI is InChI=1S/C16H14N4O2S2/c1-22-13-5-3-2-4-12(13)18-19-14-15(21)20(16(23)24-14)10-11-6-8-17-9-7-11/h2-9,21H,10H2,1H3. The van der Waals surface area contributed by atoms with Crippen LogP contribution >= 0.6 is 23.6 Å². The van der Waals surface area contributed by atoms with E-state index in [2.05, 4.69) is 15.2 Å². The van der Waals surface area contributed by atoms with Gasteiger partial charge in [0.2, 0.25) is 10.9 Å². The molecule has 2 aromatic heterocycles. The molecule has 0 fully saturated rings. The number of thiazole rings is 1. The minimum Gasteiger partial charge on any atom is -0.494 e. The lowest BCUT2D eigenvalue weighted by atomic mass is 10.3. The van der Waals surface area contributed by atoms with E-state index in [1.807, 2.05) is 24.3 Å². The van der Waals surface area contributed by atoms with E-state index in [9.17, 15) is 5.11 Å². The fraction of sp³-hybridized carbons (Fsp3) is 0.125. The van der Waals surface area contributed by atoms with Crippen molar-refractivity contribution in [2.75, 3.05) is 7.11 Å². The topological polar surface area (TPSA) is 72.0 Å². The van der Waals surface area contributed by atoms with Gasteiger partial charge in [0.05, 0.1) is 13.7 Å². The number of azo groups is 1. The fourth-order valence-corrected chi connectivity index (χ4v) is 3.17. The molecule has 0 atom stereocenters. The number of benzene rings is 1. The number of rotatable bonds is 5. The second kappa shape index (κ2) is 7.33. The van der Waals surface area contributed by atoms with Crippen molar-refractivity contribution in [3.05, 3.63) is 58.3 Å². The molecule has 0 aliphatic heterocycles. The highest BCUT2D eigenvalue weighted by Crippen LogP contribution is 2.37. The van der Waals surface area contributed by atoms with Crippen molar-refractivity contribution in [3.63, 3.8) is 0 Å². The molecule has 6 nitrogen and oxygen atoms in total. The van der Waals surface area contributed by atoms with Crippen LogP contribution in [-0.4, -0.2) is 21.8 Å². The average molecular weight is 358 g/mol. The molecule has 0 amide bonds. The Morgan fingerprint density at radius 1 is 1.21 bits per heavy atom. The van der Waals surface area contributed by atoms with Crippen LogP contribution in [-0.2, 0) is 6.54 Å². The zero-order valence-electron chi connectivity index (χ0n) is 12.8. The molecule has 122 valence electrons. The van der Waals surface area contributed by atoms with Gasteiger partial charge in [-0.05, 0) is 42.0 Å². The van der Waals surface area contributed by atoms with E-state index >= 15 is 0 Å². The van der Waals surface area contributed by atoms with Crippen molar-refractivity contribution in [2.24, 2.45) is 10.2 Å². The Bertz CT molecular complexity index is 919. The molecule has 0 aliphatic rings. The molecule has 3 aromatic rings. The number of aromatic hydroxyl groups is 1. The molecule has 2 heterocycles. The summed E-state index contributed by atoms with van der Waals surface area (Å²) in [7, 11) is 1.57. The Morgan fingerprint density at radius 2 is 1.96 bits per heavy atom. The van der Waals surface area contributed by atoms with E-state index in [4.69, 9.17) is 17.0 Å². The Balaban J connectivity index is 1.89. The van der Waals surface area contributed by atoms with Crippen LogP contribution in [0.2, 0.25) is 0 Å². The lowest BCUT2D eigenvalue weighted by molar-refractivity contribution is 0.415. The highest BCUT2D eigenvalue weighted by Gasteiger charge is 2.12. The zero-order chi connectivity index (χ0) is 16.9. The van der Waals surface area contributed by atoms with E-state index in [-0.39, 0.29) is 5.88 Å². The summed E-state index contributed by atoms with van der Waals surface area (Å²) in [4.78, 5) is 3.98. The molecule has 0 spiro atoms. The van der Waals surface area contributed by atoms with Crippen LogP contribution in [0.25, 0.3) is 0 Å². The first-order valence-corrected chi connectivity index (χ1v) is 8.28. The largest absolute Gasteiger partial charge is 0.494 e. The van der Waals surface area contributed by atoms with Gasteiger partial charge in [-0.15, -0.1) is 10.2 Å². The van der Waals surface area contributed by atoms with Gasteiger partial charge in [-0.25, -0.2) is 0 Å². The molecular formula is C16H14N4O2S2. The van der Waals surface area contributed by atoms with Crippen molar-refractivity contribution in [1.82, 2.24) is 9.55 Å². The monoisotopic (exact) mass is 358 g/mol.